The molecule has 0 bridgehead atoms. The number of aryl methyl sites for hydroxylation is 1. The Morgan fingerprint density at radius 3 is 2.04 bits per heavy atom. The van der Waals surface area contributed by atoms with Crippen LogP contribution in [0.5, 0.6) is 0 Å². The normalized spacial score (nSPS) is 12.6. The van der Waals surface area contributed by atoms with Crippen LogP contribution in [0.25, 0.3) is 10.8 Å². The van der Waals surface area contributed by atoms with Crippen molar-refractivity contribution in [2.24, 2.45) is 0 Å². The fraction of sp³-hybridized carbons (Fsp3) is 0.458. The van der Waals surface area contributed by atoms with E-state index in [9.17, 15) is 5.11 Å². The number of imidazole rings is 1. The lowest BCUT2D eigenvalue weighted by atomic mass is 9.87. The van der Waals surface area contributed by atoms with Gasteiger partial charge in [0.2, 0.25) is 0 Å². The largest absolute Gasteiger partial charge is 0.379 e. The summed E-state index contributed by atoms with van der Waals surface area (Å²) < 4.78 is 0. The minimum Gasteiger partial charge on any atom is -0.379 e. The molecule has 3 nitrogen and oxygen atoms in total. The molecular formula is C24H38N2OSi. The summed E-state index contributed by atoms with van der Waals surface area (Å²) in [6.07, 6.45) is 1.62. The maximum atomic E-state index is 10.9. The summed E-state index contributed by atoms with van der Waals surface area (Å²) in [4.78, 5) is 7.29. The van der Waals surface area contributed by atoms with Crippen LogP contribution in [-0.2, 0) is 5.60 Å². The number of nitrogens with one attached hydrogen (secondary N) is 1. The first-order chi connectivity index (χ1) is 13.5. The first kappa shape index (κ1) is 24.1. The zero-order valence-corrected chi connectivity index (χ0v) is 19.9. The molecule has 1 heterocycles. The highest BCUT2D eigenvalue weighted by molar-refractivity contribution is 6.58. The molecule has 154 valence electrons. The van der Waals surface area contributed by atoms with E-state index in [0.717, 1.165) is 22.0 Å². The lowest BCUT2D eigenvalue weighted by Crippen LogP contribution is -2.24. The summed E-state index contributed by atoms with van der Waals surface area (Å²) in [5.41, 5.74) is 1.33. The van der Waals surface area contributed by atoms with Gasteiger partial charge in [0.15, 0.2) is 0 Å². The molecule has 0 aliphatic rings. The maximum Gasteiger partial charge on any atom is 0.131 e. The van der Waals surface area contributed by atoms with Crippen LogP contribution in [0.3, 0.4) is 0 Å². The van der Waals surface area contributed by atoms with Crippen molar-refractivity contribution in [2.75, 3.05) is 0 Å². The number of fused-ring (bicyclic) bond motifs is 1. The van der Waals surface area contributed by atoms with E-state index in [2.05, 4.69) is 30.7 Å². The second kappa shape index (κ2) is 11.8. The fourth-order valence-electron chi connectivity index (χ4n) is 3.49. The summed E-state index contributed by atoms with van der Waals surface area (Å²) >= 11 is 0. The van der Waals surface area contributed by atoms with Crippen LogP contribution in [-0.4, -0.2) is 23.9 Å². The van der Waals surface area contributed by atoms with E-state index >= 15 is 0 Å². The molecule has 0 radical (unpaired) electrons. The van der Waals surface area contributed by atoms with Crippen molar-refractivity contribution in [3.8, 4) is 0 Å². The van der Waals surface area contributed by atoms with Crippen LogP contribution in [0.4, 0.5) is 0 Å². The molecule has 1 atom stereocenters. The monoisotopic (exact) mass is 398 g/mol. The smallest absolute Gasteiger partial charge is 0.131 e. The first-order valence-corrected chi connectivity index (χ1v) is 13.1. The van der Waals surface area contributed by atoms with E-state index < -0.39 is 5.60 Å². The number of aromatic amines is 1. The van der Waals surface area contributed by atoms with Crippen LogP contribution in [0.15, 0.2) is 48.8 Å². The van der Waals surface area contributed by atoms with Gasteiger partial charge in [-0.3, -0.25) is 0 Å². The number of aromatic nitrogens is 2. The van der Waals surface area contributed by atoms with Crippen LogP contribution in [0.1, 0.15) is 58.5 Å². The van der Waals surface area contributed by atoms with E-state index in [0.29, 0.717) is 5.69 Å². The van der Waals surface area contributed by atoms with E-state index in [-0.39, 0.29) is 8.80 Å². The highest BCUT2D eigenvalue weighted by Gasteiger charge is 2.31. The van der Waals surface area contributed by atoms with Crippen molar-refractivity contribution in [2.45, 2.75) is 72.2 Å². The number of aliphatic hydroxyl groups is 1. The van der Waals surface area contributed by atoms with Crippen molar-refractivity contribution in [1.82, 2.24) is 9.97 Å². The molecule has 3 aromatic rings. The molecule has 0 fully saturated rings. The predicted molar refractivity (Wildman–Crippen MR) is 126 cm³/mol. The Bertz CT molecular complexity index is 811. The van der Waals surface area contributed by atoms with E-state index in [1.807, 2.05) is 63.2 Å². The Kier molecular flexibility index (Phi) is 10.2. The number of nitrogens with zero attached hydrogens (tertiary/aromatic N) is 1. The molecule has 0 aliphatic carbocycles. The third-order valence-corrected chi connectivity index (χ3v) is 8.80. The second-order valence-electron chi connectivity index (χ2n) is 7.07. The fourth-order valence-corrected chi connectivity index (χ4v) is 5.23. The Labute approximate surface area is 172 Å². The molecule has 3 rings (SSSR count). The van der Waals surface area contributed by atoms with Crippen molar-refractivity contribution in [3.05, 3.63) is 65.7 Å². The Morgan fingerprint density at radius 1 is 0.964 bits per heavy atom. The first-order valence-electron chi connectivity index (χ1n) is 10.7. The number of benzene rings is 2. The number of H-pyrrole nitrogens is 1. The molecular weight excluding hydrogens is 360 g/mol. The minimum atomic E-state index is -1.11. The van der Waals surface area contributed by atoms with Gasteiger partial charge in [-0.15, -0.1) is 0 Å². The molecule has 1 unspecified atom stereocenters. The van der Waals surface area contributed by atoms with Crippen molar-refractivity contribution in [1.29, 1.82) is 0 Å². The minimum absolute atomic E-state index is 0.171. The van der Waals surface area contributed by atoms with Crippen LogP contribution in [0.2, 0.25) is 18.1 Å². The van der Waals surface area contributed by atoms with Crippen molar-refractivity contribution >= 4 is 19.6 Å². The molecule has 0 aliphatic heterocycles. The lowest BCUT2D eigenvalue weighted by molar-refractivity contribution is 0.0987. The van der Waals surface area contributed by atoms with Gasteiger partial charge in [-0.2, -0.15) is 0 Å². The Hall–Kier alpha value is -1.91. The summed E-state index contributed by atoms with van der Waals surface area (Å²) in [5, 5.41) is 13.1. The molecule has 2 aromatic carbocycles. The Morgan fingerprint density at radius 2 is 1.54 bits per heavy atom. The van der Waals surface area contributed by atoms with Gasteiger partial charge in [0.1, 0.15) is 5.60 Å². The van der Waals surface area contributed by atoms with E-state index in [1.165, 1.54) is 18.1 Å². The summed E-state index contributed by atoms with van der Waals surface area (Å²) in [6.45, 7) is 14.7. The average Bonchev–Trinajstić information content (AvgIpc) is 3.18. The summed E-state index contributed by atoms with van der Waals surface area (Å²) in [6, 6.07) is 18.5. The van der Waals surface area contributed by atoms with Gasteiger partial charge in [-0.05, 0) is 30.2 Å². The van der Waals surface area contributed by atoms with E-state index in [1.54, 1.807) is 13.3 Å². The molecule has 0 spiro atoms. The zero-order chi connectivity index (χ0) is 21.2. The molecule has 0 saturated carbocycles. The lowest BCUT2D eigenvalue weighted by Gasteiger charge is -2.24. The third kappa shape index (κ3) is 5.79. The molecule has 0 amide bonds. The molecule has 1 aromatic heterocycles. The highest BCUT2D eigenvalue weighted by atomic mass is 28.3. The number of rotatable bonds is 5. The van der Waals surface area contributed by atoms with Gasteiger partial charge >= 0.3 is 0 Å². The van der Waals surface area contributed by atoms with Crippen molar-refractivity contribution < 1.29 is 5.11 Å². The number of hydrogen-bond acceptors (Lipinski definition) is 2. The zero-order valence-electron chi connectivity index (χ0n) is 18.7. The third-order valence-electron chi connectivity index (χ3n) is 5.34. The average molecular weight is 399 g/mol. The molecule has 4 heteroatoms. The quantitative estimate of drug-likeness (QED) is 0.487. The molecule has 2 N–H and O–H groups in total. The van der Waals surface area contributed by atoms with E-state index in [4.69, 9.17) is 0 Å². The summed E-state index contributed by atoms with van der Waals surface area (Å²) in [7, 11) is -0.171. The highest BCUT2D eigenvalue weighted by Crippen LogP contribution is 2.34. The van der Waals surface area contributed by atoms with Crippen molar-refractivity contribution in [3.63, 3.8) is 0 Å². The number of hydrogen-bond donors (Lipinski definition) is 2. The SMILES string of the molecule is CC.CC[SiH](CC)CC.Cc1[nH]cnc1C(C)(O)c1cccc2ccccc12. The molecule has 0 saturated heterocycles. The second-order valence-corrected chi connectivity index (χ2v) is 11.2. The van der Waals surface area contributed by atoms with Gasteiger partial charge in [-0.25, -0.2) is 4.98 Å². The predicted octanol–water partition coefficient (Wildman–Crippen LogP) is 6.43. The van der Waals surface area contributed by atoms with Gasteiger partial charge in [0.25, 0.3) is 0 Å². The van der Waals surface area contributed by atoms with Crippen LogP contribution < -0.4 is 0 Å². The van der Waals surface area contributed by atoms with Gasteiger partial charge in [-0.1, -0.05) is 95.2 Å². The standard InChI is InChI=1S/C16H16N2O.C6H16Si.C2H6/c1-11-15(18-10-17-11)16(2,19)14-9-5-7-12-6-3-4-8-13(12)14;1-4-7(5-2)6-3;1-2/h3-10,19H,1-2H3,(H,17,18);7H,4-6H2,1-3H3;1-2H3. The van der Waals surface area contributed by atoms with Gasteiger partial charge < -0.3 is 10.1 Å². The summed E-state index contributed by atoms with van der Waals surface area (Å²) in [5.74, 6) is 0. The van der Waals surface area contributed by atoms with Gasteiger partial charge in [0, 0.05) is 14.5 Å². The topological polar surface area (TPSA) is 48.9 Å². The van der Waals surface area contributed by atoms with Gasteiger partial charge in [0.05, 0.1) is 12.0 Å². The van der Waals surface area contributed by atoms with Crippen LogP contribution >= 0.6 is 0 Å². The van der Waals surface area contributed by atoms with Crippen LogP contribution in [0, 0.1) is 6.92 Å². The molecule has 28 heavy (non-hydrogen) atoms. The maximum absolute atomic E-state index is 10.9. The Balaban J connectivity index is 0.000000372.